The van der Waals surface area contributed by atoms with Crippen LogP contribution in [0, 0.1) is 0 Å². The fourth-order valence-corrected chi connectivity index (χ4v) is 0. The van der Waals surface area contributed by atoms with Crippen LogP contribution in [0.2, 0.25) is 0 Å². The van der Waals surface area contributed by atoms with Crippen LogP contribution in [0.15, 0.2) is 0 Å². The number of hydrogen-bond acceptors (Lipinski definition) is 6. The van der Waals surface area contributed by atoms with Crippen molar-refractivity contribution >= 4 is 0 Å². The van der Waals surface area contributed by atoms with E-state index in [1.54, 1.807) is 0 Å². The van der Waals surface area contributed by atoms with Gasteiger partial charge in [0.2, 0.25) is 0 Å². The van der Waals surface area contributed by atoms with Gasteiger partial charge >= 0.3 is 95.5 Å². The number of hydrogen-bond donors (Lipinski definition) is 0. The van der Waals surface area contributed by atoms with Gasteiger partial charge in [0.25, 0.3) is 0 Å². The molecule has 10 heavy (non-hydrogen) atoms. The number of rotatable bonds is 0. The van der Waals surface area contributed by atoms with Gasteiger partial charge in [0.15, 0.2) is 0 Å². The third-order valence-electron chi connectivity index (χ3n) is 0. The molecule has 0 spiro atoms. The van der Waals surface area contributed by atoms with Gasteiger partial charge in [0.1, 0.15) is 0 Å². The van der Waals surface area contributed by atoms with E-state index in [1.165, 1.54) is 0 Å². The Kier molecular flexibility index (Phi) is 38.6. The molecular weight excluding hydrogens is 384 g/mol. The standard InChI is InChI=1S/2Li.Nb.6O.Ta/q2*+1;;;;;;2*-1;. The molecule has 0 aliphatic carbocycles. The molecule has 0 heterocycles. The van der Waals surface area contributed by atoms with Crippen molar-refractivity contribution in [2.75, 3.05) is 0 Å². The fraction of sp³-hybridized carbons (Fsp3) is 0. The second-order valence-corrected chi connectivity index (χ2v) is 3.15. The first-order valence-electron chi connectivity index (χ1n) is 1.10. The third-order valence-corrected chi connectivity index (χ3v) is 0. The van der Waals surface area contributed by atoms with Gasteiger partial charge in [-0.2, -0.15) is 0 Å². The first kappa shape index (κ1) is 22.6. The second-order valence-electron chi connectivity index (χ2n) is 0.447. The molecule has 0 saturated carbocycles. The Bertz CT molecular complexity index is 133. The first-order chi connectivity index (χ1) is 3.46. The average molecular weight is 384 g/mol. The van der Waals surface area contributed by atoms with Crippen LogP contribution in [-0.2, 0) is 50.6 Å². The molecule has 0 atom stereocenters. The maximum absolute atomic E-state index is 8.62. The van der Waals surface area contributed by atoms with Crippen molar-refractivity contribution < 1.29 is 95.5 Å². The Hall–Kier alpha value is 1.80. The van der Waals surface area contributed by atoms with Crippen molar-refractivity contribution in [2.45, 2.75) is 0 Å². The summed E-state index contributed by atoms with van der Waals surface area (Å²) in [4.78, 5) is 0. The van der Waals surface area contributed by atoms with Crippen molar-refractivity contribution in [2.24, 2.45) is 0 Å². The maximum atomic E-state index is 8.62. The van der Waals surface area contributed by atoms with Crippen LogP contribution in [0.1, 0.15) is 0 Å². The molecule has 6 nitrogen and oxygen atoms in total. The van der Waals surface area contributed by atoms with E-state index < -0.39 is 37.6 Å². The van der Waals surface area contributed by atoms with Crippen molar-refractivity contribution in [1.82, 2.24) is 0 Å². The molecule has 0 N–H and O–H groups in total. The topological polar surface area (TPSA) is 114 Å². The van der Waals surface area contributed by atoms with Gasteiger partial charge in [-0.15, -0.1) is 0 Å². The fourth-order valence-electron chi connectivity index (χ4n) is 0. The van der Waals surface area contributed by atoms with Gasteiger partial charge in [0, 0.05) is 0 Å². The summed E-state index contributed by atoms with van der Waals surface area (Å²) < 4.78 is 51.7. The summed E-state index contributed by atoms with van der Waals surface area (Å²) in [6.45, 7) is 0. The molecule has 0 aliphatic heterocycles. The Morgan fingerprint density at radius 1 is 1.10 bits per heavy atom. The summed E-state index contributed by atoms with van der Waals surface area (Å²) in [5, 5.41) is 0. The van der Waals surface area contributed by atoms with Crippen molar-refractivity contribution in [3.05, 3.63) is 0 Å². The molecule has 0 saturated heterocycles. The summed E-state index contributed by atoms with van der Waals surface area (Å²) in [5.41, 5.74) is 0. The van der Waals surface area contributed by atoms with E-state index in [1.807, 2.05) is 0 Å². The molecule has 0 bridgehead atoms. The Morgan fingerprint density at radius 3 is 1.10 bits per heavy atom. The van der Waals surface area contributed by atoms with Gasteiger partial charge in [0.05, 0.1) is 0 Å². The predicted molar refractivity (Wildman–Crippen MR) is 2.75 cm³/mol. The van der Waals surface area contributed by atoms with Crippen LogP contribution in [0.4, 0.5) is 0 Å². The van der Waals surface area contributed by atoms with E-state index in [2.05, 4.69) is 0 Å². The van der Waals surface area contributed by atoms with Crippen molar-refractivity contribution in [3.8, 4) is 0 Å². The second kappa shape index (κ2) is 17.0. The van der Waals surface area contributed by atoms with E-state index >= 15 is 0 Å². The van der Waals surface area contributed by atoms with Crippen LogP contribution in [0.3, 0.4) is 0 Å². The van der Waals surface area contributed by atoms with Gasteiger partial charge in [-0.1, -0.05) is 0 Å². The van der Waals surface area contributed by atoms with Crippen molar-refractivity contribution in [3.63, 3.8) is 0 Å². The van der Waals surface area contributed by atoms with Crippen LogP contribution < -0.4 is 45.0 Å². The molecular formula is Li2NbO6Ta. The molecule has 0 unspecified atom stereocenters. The molecule has 0 amide bonds. The Morgan fingerprint density at radius 2 is 1.10 bits per heavy atom. The SMILES string of the molecule is [Li+].[Li+].[O]=[Nb](=[O])[O-].[O]=[Ta](=[O])[O-]. The summed E-state index contributed by atoms with van der Waals surface area (Å²) in [6.07, 6.45) is 0. The van der Waals surface area contributed by atoms with E-state index in [-0.39, 0.29) is 37.7 Å². The van der Waals surface area contributed by atoms with Gasteiger partial charge < -0.3 is 0 Å². The van der Waals surface area contributed by atoms with E-state index in [0.717, 1.165) is 0 Å². The zero-order chi connectivity index (χ0) is 7.15. The third kappa shape index (κ3) is 235. The molecule has 0 aromatic carbocycles. The van der Waals surface area contributed by atoms with E-state index in [0.29, 0.717) is 0 Å². The molecule has 48 valence electrons. The molecule has 0 radical (unpaired) electrons. The van der Waals surface area contributed by atoms with E-state index in [9.17, 15) is 0 Å². The van der Waals surface area contributed by atoms with Gasteiger partial charge in [-0.25, -0.2) is 0 Å². The average Bonchev–Trinajstić information content (AvgIpc) is 1.25. The monoisotopic (exact) mass is 384 g/mol. The van der Waals surface area contributed by atoms with Gasteiger partial charge in [-0.05, 0) is 0 Å². The molecule has 0 aromatic heterocycles. The molecule has 0 fully saturated rings. The minimum atomic E-state index is -4.34. The van der Waals surface area contributed by atoms with E-state index in [4.69, 9.17) is 20.2 Å². The van der Waals surface area contributed by atoms with Crippen LogP contribution >= 0.6 is 0 Å². The normalized spacial score (nSPS) is 5.00. The summed E-state index contributed by atoms with van der Waals surface area (Å²) in [6, 6.07) is 0. The minimum absolute atomic E-state index is 0. The zero-order valence-corrected chi connectivity index (χ0v) is 10.8. The molecule has 0 rings (SSSR count). The van der Waals surface area contributed by atoms with Crippen LogP contribution in [-0.4, -0.2) is 0 Å². The zero-order valence-electron chi connectivity index (χ0n) is 5.34. The molecule has 0 aliphatic rings. The van der Waals surface area contributed by atoms with Crippen LogP contribution in [0.5, 0.6) is 0 Å². The summed E-state index contributed by atoms with van der Waals surface area (Å²) >= 11 is -8.54. The quantitative estimate of drug-likeness (QED) is 0.384. The Labute approximate surface area is 94.3 Å². The summed E-state index contributed by atoms with van der Waals surface area (Å²) in [7, 11) is 0. The van der Waals surface area contributed by atoms with Gasteiger partial charge in [-0.3, -0.25) is 0 Å². The Balaban J connectivity index is -0.0000000300. The summed E-state index contributed by atoms with van der Waals surface area (Å²) in [5.74, 6) is 0. The van der Waals surface area contributed by atoms with Crippen LogP contribution in [0.25, 0.3) is 0 Å². The predicted octanol–water partition coefficient (Wildman–Crippen LogP) is -8.85. The first-order valence-corrected chi connectivity index (χ1v) is 7.72. The molecule has 10 heteroatoms. The molecule has 0 aromatic rings. The van der Waals surface area contributed by atoms with Crippen molar-refractivity contribution in [1.29, 1.82) is 0 Å².